The van der Waals surface area contributed by atoms with E-state index in [1.165, 1.54) is 54.7 Å². The number of hydrogen-bond donors (Lipinski definition) is 0. The summed E-state index contributed by atoms with van der Waals surface area (Å²) in [4.78, 5) is 9.86. The van der Waals surface area contributed by atoms with E-state index in [0.29, 0.717) is 0 Å². The van der Waals surface area contributed by atoms with Crippen LogP contribution in [0.15, 0.2) is 104 Å². The van der Waals surface area contributed by atoms with Crippen molar-refractivity contribution in [3.63, 3.8) is 0 Å². The summed E-state index contributed by atoms with van der Waals surface area (Å²) in [6.45, 7) is 15.8. The van der Waals surface area contributed by atoms with Crippen LogP contribution in [0.25, 0.3) is 43.7 Å². The normalized spacial score (nSPS) is 14.8. The van der Waals surface area contributed by atoms with Gasteiger partial charge in [-0.15, -0.1) is 6.58 Å². The Bertz CT molecular complexity index is 1990. The minimum atomic E-state index is -0.0745. The smallest absolute Gasteiger partial charge is 0.0789 e. The third kappa shape index (κ3) is 3.42. The molecule has 0 fully saturated rings. The first-order valence-corrected chi connectivity index (χ1v) is 14.2. The number of rotatable bonds is 4. The summed E-state index contributed by atoms with van der Waals surface area (Å²) in [5, 5.41) is 6.45. The molecule has 7 rings (SSSR count). The summed E-state index contributed by atoms with van der Waals surface area (Å²) in [6, 6.07) is 28.8. The van der Waals surface area contributed by atoms with Crippen molar-refractivity contribution in [3.8, 4) is 11.3 Å². The molecule has 196 valence electrons. The van der Waals surface area contributed by atoms with Crippen LogP contribution in [0.1, 0.15) is 68.4 Å². The number of allylic oxidation sites excluding steroid dienone is 1. The summed E-state index contributed by atoms with van der Waals surface area (Å²) in [6.07, 6.45) is 5.96. The molecule has 2 heterocycles. The van der Waals surface area contributed by atoms with Crippen LogP contribution >= 0.6 is 0 Å². The Morgan fingerprint density at radius 2 is 1.50 bits per heavy atom. The largest absolute Gasteiger partial charge is 0.256 e. The maximum Gasteiger partial charge on any atom is 0.0789 e. The van der Waals surface area contributed by atoms with Crippen molar-refractivity contribution < 1.29 is 0 Å². The fourth-order valence-corrected chi connectivity index (χ4v) is 6.91. The Balaban J connectivity index is 1.56. The standard InChI is InChI=1S/C38H34N2/c1-7-24(25-12-8-9-13-26(25)32-22-23(19-21-39-32)37(2,3)4)28-17-18-31-35-33-27(14-10-16-30(33)38(31,5)6)29-15-11-20-40-36(29)34(28)35/h7-22,24H,1H2,2-6H3. The highest BCUT2D eigenvalue weighted by Gasteiger charge is 2.36. The number of benzene rings is 4. The molecule has 2 aromatic heterocycles. The van der Waals surface area contributed by atoms with Gasteiger partial charge in [0, 0.05) is 40.1 Å². The number of nitrogens with zero attached hydrogens (tertiary/aromatic N) is 2. The van der Waals surface area contributed by atoms with E-state index in [9.17, 15) is 0 Å². The van der Waals surface area contributed by atoms with E-state index in [1.54, 1.807) is 0 Å². The number of pyridine rings is 2. The zero-order valence-electron chi connectivity index (χ0n) is 23.9. The SMILES string of the molecule is C=CC(c1ccccc1-c1cc(C(C)(C)C)ccn1)c1ccc2c3c4c(cccc4c4cccnc4c13)C2(C)C. The van der Waals surface area contributed by atoms with Gasteiger partial charge in [-0.05, 0) is 67.6 Å². The lowest BCUT2D eigenvalue weighted by Gasteiger charge is -2.24. The summed E-state index contributed by atoms with van der Waals surface area (Å²) < 4.78 is 0. The van der Waals surface area contributed by atoms with Gasteiger partial charge in [-0.1, -0.05) is 101 Å². The molecule has 1 unspecified atom stereocenters. The summed E-state index contributed by atoms with van der Waals surface area (Å²) in [7, 11) is 0. The van der Waals surface area contributed by atoms with E-state index in [1.807, 2.05) is 12.4 Å². The average Bonchev–Trinajstić information content (AvgIpc) is 3.20. The second-order valence-corrected chi connectivity index (χ2v) is 12.7. The molecular formula is C38H34N2. The summed E-state index contributed by atoms with van der Waals surface area (Å²) in [5.74, 6) is -0.0242. The lowest BCUT2D eigenvalue weighted by Crippen LogP contribution is -2.15. The Morgan fingerprint density at radius 3 is 2.30 bits per heavy atom. The van der Waals surface area contributed by atoms with Crippen LogP contribution in [0.5, 0.6) is 0 Å². The molecule has 2 heteroatoms. The van der Waals surface area contributed by atoms with Crippen LogP contribution in [0.4, 0.5) is 0 Å². The molecule has 6 aromatic rings. The fraction of sp³-hybridized carbons (Fsp3) is 0.211. The summed E-state index contributed by atoms with van der Waals surface area (Å²) in [5.41, 5.74) is 9.67. The van der Waals surface area contributed by atoms with Gasteiger partial charge in [0.1, 0.15) is 0 Å². The third-order valence-electron chi connectivity index (χ3n) is 9.00. The van der Waals surface area contributed by atoms with Gasteiger partial charge >= 0.3 is 0 Å². The van der Waals surface area contributed by atoms with Gasteiger partial charge in [0.05, 0.1) is 11.2 Å². The van der Waals surface area contributed by atoms with E-state index in [2.05, 4.69) is 126 Å². The molecule has 40 heavy (non-hydrogen) atoms. The molecule has 4 aromatic carbocycles. The molecule has 1 aliphatic carbocycles. The van der Waals surface area contributed by atoms with E-state index in [0.717, 1.165) is 16.8 Å². The average molecular weight is 519 g/mol. The Kier molecular flexibility index (Phi) is 5.31. The molecule has 0 saturated heterocycles. The van der Waals surface area contributed by atoms with Crippen LogP contribution in [-0.4, -0.2) is 9.97 Å². The van der Waals surface area contributed by atoms with Crippen LogP contribution in [0.3, 0.4) is 0 Å². The van der Waals surface area contributed by atoms with Crippen molar-refractivity contribution in [2.45, 2.75) is 51.4 Å². The zero-order chi connectivity index (χ0) is 27.8. The predicted molar refractivity (Wildman–Crippen MR) is 169 cm³/mol. The lowest BCUT2D eigenvalue weighted by molar-refractivity contribution is 0.589. The number of hydrogen-bond acceptors (Lipinski definition) is 2. The third-order valence-corrected chi connectivity index (χ3v) is 9.00. The predicted octanol–water partition coefficient (Wildman–Crippen LogP) is 9.86. The van der Waals surface area contributed by atoms with Crippen molar-refractivity contribution in [2.75, 3.05) is 0 Å². The monoisotopic (exact) mass is 518 g/mol. The Hall–Kier alpha value is -4.30. The quantitative estimate of drug-likeness (QED) is 0.171. The minimum absolute atomic E-state index is 0.0242. The topological polar surface area (TPSA) is 25.8 Å². The van der Waals surface area contributed by atoms with Crippen molar-refractivity contribution in [1.29, 1.82) is 0 Å². The number of fused-ring (bicyclic) bond motifs is 3. The van der Waals surface area contributed by atoms with E-state index in [-0.39, 0.29) is 16.7 Å². The van der Waals surface area contributed by atoms with E-state index in [4.69, 9.17) is 9.97 Å². The Labute approximate surface area is 236 Å². The van der Waals surface area contributed by atoms with E-state index >= 15 is 0 Å². The van der Waals surface area contributed by atoms with Gasteiger partial charge in [0.15, 0.2) is 0 Å². The van der Waals surface area contributed by atoms with Gasteiger partial charge in [0.2, 0.25) is 0 Å². The summed E-state index contributed by atoms with van der Waals surface area (Å²) >= 11 is 0. The second-order valence-electron chi connectivity index (χ2n) is 12.7. The van der Waals surface area contributed by atoms with Gasteiger partial charge in [-0.3, -0.25) is 9.97 Å². The first-order valence-electron chi connectivity index (χ1n) is 14.2. The molecule has 0 amide bonds. The van der Waals surface area contributed by atoms with Crippen molar-refractivity contribution in [1.82, 2.24) is 9.97 Å². The minimum Gasteiger partial charge on any atom is -0.256 e. The second kappa shape index (κ2) is 8.60. The van der Waals surface area contributed by atoms with Gasteiger partial charge < -0.3 is 0 Å². The first kappa shape index (κ1) is 24.7. The van der Waals surface area contributed by atoms with Gasteiger partial charge in [-0.25, -0.2) is 0 Å². The highest BCUT2D eigenvalue weighted by atomic mass is 14.7. The fourth-order valence-electron chi connectivity index (χ4n) is 6.91. The maximum absolute atomic E-state index is 5.02. The highest BCUT2D eigenvalue weighted by molar-refractivity contribution is 6.28. The molecule has 0 bridgehead atoms. The first-order chi connectivity index (χ1) is 19.2. The van der Waals surface area contributed by atoms with Crippen LogP contribution in [0.2, 0.25) is 0 Å². The maximum atomic E-state index is 5.02. The molecule has 0 saturated carbocycles. The van der Waals surface area contributed by atoms with Crippen LogP contribution in [-0.2, 0) is 10.8 Å². The molecule has 2 nitrogen and oxygen atoms in total. The van der Waals surface area contributed by atoms with Crippen molar-refractivity contribution in [3.05, 3.63) is 132 Å². The molecule has 0 radical (unpaired) electrons. The number of aromatic nitrogens is 2. The molecule has 0 N–H and O–H groups in total. The Morgan fingerprint density at radius 1 is 0.725 bits per heavy atom. The van der Waals surface area contributed by atoms with Crippen LogP contribution in [0, 0.1) is 0 Å². The van der Waals surface area contributed by atoms with Gasteiger partial charge in [-0.2, -0.15) is 0 Å². The molecule has 0 spiro atoms. The van der Waals surface area contributed by atoms with E-state index < -0.39 is 0 Å². The van der Waals surface area contributed by atoms with Gasteiger partial charge in [0.25, 0.3) is 0 Å². The zero-order valence-corrected chi connectivity index (χ0v) is 23.9. The molecule has 1 atom stereocenters. The molecule has 0 aliphatic heterocycles. The van der Waals surface area contributed by atoms with Crippen molar-refractivity contribution in [2.24, 2.45) is 0 Å². The lowest BCUT2D eigenvalue weighted by atomic mass is 9.79. The molecule has 1 aliphatic rings. The molecular weight excluding hydrogens is 484 g/mol. The van der Waals surface area contributed by atoms with Crippen LogP contribution < -0.4 is 0 Å². The highest BCUT2D eigenvalue weighted by Crippen LogP contribution is 2.53. The van der Waals surface area contributed by atoms with Crippen molar-refractivity contribution >= 4 is 32.4 Å².